The fraction of sp³-hybridized carbons (Fsp3) is 0.615. The van der Waals surface area contributed by atoms with E-state index in [0.29, 0.717) is 11.8 Å². The van der Waals surface area contributed by atoms with E-state index in [-0.39, 0.29) is 6.04 Å². The standard InChI is InChI=1S/C13H23N3O/c1-4-10(5-2)11(14)9-15-12-7-6-8-13(16-12)17-3/h6-8,10-11H,4-5,9,14H2,1-3H3,(H,15,16). The average molecular weight is 237 g/mol. The maximum Gasteiger partial charge on any atom is 0.214 e. The molecule has 0 saturated heterocycles. The van der Waals surface area contributed by atoms with Gasteiger partial charge in [-0.3, -0.25) is 0 Å². The van der Waals surface area contributed by atoms with E-state index in [0.717, 1.165) is 25.2 Å². The van der Waals surface area contributed by atoms with Crippen LogP contribution in [0.15, 0.2) is 18.2 Å². The van der Waals surface area contributed by atoms with Crippen molar-refractivity contribution in [3.8, 4) is 5.88 Å². The Morgan fingerprint density at radius 3 is 2.65 bits per heavy atom. The number of anilines is 1. The van der Waals surface area contributed by atoms with Crippen molar-refractivity contribution in [2.75, 3.05) is 19.0 Å². The van der Waals surface area contributed by atoms with Gasteiger partial charge in [-0.15, -0.1) is 0 Å². The first-order chi connectivity index (χ1) is 8.21. The molecule has 1 unspecified atom stereocenters. The smallest absolute Gasteiger partial charge is 0.214 e. The second-order valence-electron chi connectivity index (χ2n) is 4.19. The largest absolute Gasteiger partial charge is 0.481 e. The fourth-order valence-corrected chi connectivity index (χ4v) is 1.91. The number of methoxy groups -OCH3 is 1. The molecule has 3 N–H and O–H groups in total. The summed E-state index contributed by atoms with van der Waals surface area (Å²) in [6.45, 7) is 5.10. The molecule has 1 rings (SSSR count). The second kappa shape index (κ2) is 7.12. The first-order valence-corrected chi connectivity index (χ1v) is 6.21. The third kappa shape index (κ3) is 4.23. The minimum Gasteiger partial charge on any atom is -0.481 e. The quantitative estimate of drug-likeness (QED) is 0.763. The number of aromatic nitrogens is 1. The van der Waals surface area contributed by atoms with E-state index in [9.17, 15) is 0 Å². The van der Waals surface area contributed by atoms with Crippen molar-refractivity contribution in [1.82, 2.24) is 4.98 Å². The van der Waals surface area contributed by atoms with E-state index < -0.39 is 0 Å². The molecule has 0 radical (unpaired) electrons. The molecule has 0 aliphatic heterocycles. The molecule has 1 aromatic rings. The van der Waals surface area contributed by atoms with Crippen LogP contribution >= 0.6 is 0 Å². The Labute approximate surface area is 104 Å². The number of nitrogens with one attached hydrogen (secondary N) is 1. The summed E-state index contributed by atoms with van der Waals surface area (Å²) in [5.41, 5.74) is 6.14. The number of ether oxygens (including phenoxy) is 1. The van der Waals surface area contributed by atoms with Crippen LogP contribution < -0.4 is 15.8 Å². The highest BCUT2D eigenvalue weighted by Gasteiger charge is 2.13. The zero-order valence-corrected chi connectivity index (χ0v) is 10.9. The lowest BCUT2D eigenvalue weighted by Gasteiger charge is -2.21. The van der Waals surface area contributed by atoms with Crippen molar-refractivity contribution in [2.45, 2.75) is 32.7 Å². The van der Waals surface area contributed by atoms with Crippen LogP contribution in [0.4, 0.5) is 5.82 Å². The Kier molecular flexibility index (Phi) is 5.77. The van der Waals surface area contributed by atoms with Crippen molar-refractivity contribution in [3.63, 3.8) is 0 Å². The minimum absolute atomic E-state index is 0.165. The highest BCUT2D eigenvalue weighted by Crippen LogP contribution is 2.14. The van der Waals surface area contributed by atoms with E-state index in [2.05, 4.69) is 24.1 Å². The lowest BCUT2D eigenvalue weighted by Crippen LogP contribution is -2.36. The molecule has 0 bridgehead atoms. The van der Waals surface area contributed by atoms with Crippen LogP contribution in [0.1, 0.15) is 26.7 Å². The van der Waals surface area contributed by atoms with E-state index in [1.165, 1.54) is 0 Å². The predicted molar refractivity (Wildman–Crippen MR) is 71.3 cm³/mol. The number of nitrogens with zero attached hydrogens (tertiary/aromatic N) is 1. The zero-order valence-electron chi connectivity index (χ0n) is 10.9. The molecule has 0 aromatic carbocycles. The summed E-state index contributed by atoms with van der Waals surface area (Å²) in [7, 11) is 1.61. The van der Waals surface area contributed by atoms with Crippen molar-refractivity contribution < 1.29 is 4.74 Å². The van der Waals surface area contributed by atoms with E-state index in [1.807, 2.05) is 18.2 Å². The Morgan fingerprint density at radius 1 is 1.35 bits per heavy atom. The molecule has 0 amide bonds. The van der Waals surface area contributed by atoms with Gasteiger partial charge in [-0.25, -0.2) is 0 Å². The van der Waals surface area contributed by atoms with Gasteiger partial charge in [0.25, 0.3) is 0 Å². The monoisotopic (exact) mass is 237 g/mol. The molecule has 1 atom stereocenters. The Hall–Kier alpha value is -1.29. The number of hydrogen-bond acceptors (Lipinski definition) is 4. The molecule has 17 heavy (non-hydrogen) atoms. The number of nitrogens with two attached hydrogens (primary N) is 1. The van der Waals surface area contributed by atoms with Crippen LogP contribution in [0.25, 0.3) is 0 Å². The van der Waals surface area contributed by atoms with Gasteiger partial charge in [-0.2, -0.15) is 4.98 Å². The molecular weight excluding hydrogens is 214 g/mol. The van der Waals surface area contributed by atoms with Gasteiger partial charge in [0.15, 0.2) is 0 Å². The first-order valence-electron chi connectivity index (χ1n) is 6.21. The number of rotatable bonds is 7. The first kappa shape index (κ1) is 13.8. The van der Waals surface area contributed by atoms with E-state index >= 15 is 0 Å². The topological polar surface area (TPSA) is 60.2 Å². The summed E-state index contributed by atoms with van der Waals surface area (Å²) in [6.07, 6.45) is 2.23. The number of hydrogen-bond donors (Lipinski definition) is 2. The molecule has 0 saturated carbocycles. The maximum absolute atomic E-state index is 6.14. The molecule has 1 heterocycles. The molecule has 96 valence electrons. The highest BCUT2D eigenvalue weighted by atomic mass is 16.5. The van der Waals surface area contributed by atoms with Crippen LogP contribution in [0.5, 0.6) is 5.88 Å². The normalized spacial score (nSPS) is 12.5. The Balaban J connectivity index is 2.49. The Bertz CT molecular complexity index is 326. The SMILES string of the molecule is CCC(CC)C(N)CNc1cccc(OC)n1. The van der Waals surface area contributed by atoms with Crippen LogP contribution in [0, 0.1) is 5.92 Å². The van der Waals surface area contributed by atoms with Crippen LogP contribution in [-0.2, 0) is 0 Å². The summed E-state index contributed by atoms with van der Waals surface area (Å²) >= 11 is 0. The third-order valence-corrected chi connectivity index (χ3v) is 3.11. The van der Waals surface area contributed by atoms with Gasteiger partial charge in [0.2, 0.25) is 5.88 Å². The molecule has 4 nitrogen and oxygen atoms in total. The molecule has 0 fully saturated rings. The fourth-order valence-electron chi connectivity index (χ4n) is 1.91. The second-order valence-corrected chi connectivity index (χ2v) is 4.19. The van der Waals surface area contributed by atoms with E-state index in [4.69, 9.17) is 10.5 Å². The summed E-state index contributed by atoms with van der Waals surface area (Å²) in [6, 6.07) is 5.82. The number of pyridine rings is 1. The lowest BCUT2D eigenvalue weighted by molar-refractivity contribution is 0.397. The van der Waals surface area contributed by atoms with E-state index in [1.54, 1.807) is 7.11 Å². The Morgan fingerprint density at radius 2 is 2.06 bits per heavy atom. The molecule has 4 heteroatoms. The van der Waals surface area contributed by atoms with Gasteiger partial charge in [0.1, 0.15) is 5.82 Å². The van der Waals surface area contributed by atoms with Gasteiger partial charge >= 0.3 is 0 Å². The summed E-state index contributed by atoms with van der Waals surface area (Å²) < 4.78 is 5.07. The van der Waals surface area contributed by atoms with Crippen molar-refractivity contribution in [1.29, 1.82) is 0 Å². The van der Waals surface area contributed by atoms with Gasteiger partial charge in [0.05, 0.1) is 7.11 Å². The predicted octanol–water partition coefficient (Wildman–Crippen LogP) is 2.27. The van der Waals surface area contributed by atoms with Gasteiger partial charge in [-0.1, -0.05) is 32.8 Å². The maximum atomic E-state index is 6.14. The molecular formula is C13H23N3O. The zero-order chi connectivity index (χ0) is 12.7. The highest BCUT2D eigenvalue weighted by molar-refractivity contribution is 5.37. The van der Waals surface area contributed by atoms with Crippen molar-refractivity contribution in [2.24, 2.45) is 11.7 Å². The van der Waals surface area contributed by atoms with Crippen molar-refractivity contribution >= 4 is 5.82 Å². The summed E-state index contributed by atoms with van der Waals surface area (Å²) in [5.74, 6) is 1.99. The van der Waals surface area contributed by atoms with Gasteiger partial charge < -0.3 is 15.8 Å². The van der Waals surface area contributed by atoms with Gasteiger partial charge in [-0.05, 0) is 12.0 Å². The van der Waals surface area contributed by atoms with Gasteiger partial charge in [0, 0.05) is 18.7 Å². The van der Waals surface area contributed by atoms with Crippen LogP contribution in [0.2, 0.25) is 0 Å². The van der Waals surface area contributed by atoms with Crippen LogP contribution in [0.3, 0.4) is 0 Å². The van der Waals surface area contributed by atoms with Crippen LogP contribution in [-0.4, -0.2) is 24.7 Å². The molecule has 0 aliphatic carbocycles. The molecule has 0 spiro atoms. The summed E-state index contributed by atoms with van der Waals surface area (Å²) in [5, 5.41) is 3.25. The summed E-state index contributed by atoms with van der Waals surface area (Å²) in [4.78, 5) is 4.29. The third-order valence-electron chi connectivity index (χ3n) is 3.11. The minimum atomic E-state index is 0.165. The average Bonchev–Trinajstić information content (AvgIpc) is 2.38. The molecule has 1 aromatic heterocycles. The lowest BCUT2D eigenvalue weighted by atomic mass is 9.95. The molecule has 0 aliphatic rings. The van der Waals surface area contributed by atoms with Crippen molar-refractivity contribution in [3.05, 3.63) is 18.2 Å².